The van der Waals surface area contributed by atoms with Crippen LogP contribution in [0, 0.1) is 13.8 Å². The molecule has 1 aliphatic heterocycles. The molecule has 0 bridgehead atoms. The van der Waals surface area contributed by atoms with Gasteiger partial charge in [-0.1, -0.05) is 36.4 Å². The third-order valence-corrected chi connectivity index (χ3v) is 5.09. The molecule has 2 aromatic carbocycles. The van der Waals surface area contributed by atoms with Gasteiger partial charge in [0, 0.05) is 43.5 Å². The van der Waals surface area contributed by atoms with Crippen molar-refractivity contribution in [2.75, 3.05) is 36.4 Å². The molecule has 6 nitrogen and oxygen atoms in total. The number of carbonyl (C=O) groups is 1. The molecule has 1 N–H and O–H groups in total. The number of rotatable bonds is 3. The van der Waals surface area contributed by atoms with Gasteiger partial charge in [0.2, 0.25) is 0 Å². The van der Waals surface area contributed by atoms with Crippen molar-refractivity contribution in [2.24, 2.45) is 0 Å². The summed E-state index contributed by atoms with van der Waals surface area (Å²) < 4.78 is 0. The molecule has 1 aromatic heterocycles. The van der Waals surface area contributed by atoms with E-state index in [1.807, 2.05) is 67.3 Å². The zero-order valence-electron chi connectivity index (χ0n) is 16.8. The summed E-state index contributed by atoms with van der Waals surface area (Å²) in [5, 5.41) is 3.02. The summed E-state index contributed by atoms with van der Waals surface area (Å²) in [6, 6.07) is 18.1. The molecular formula is C23H25N5O. The van der Waals surface area contributed by atoms with E-state index in [2.05, 4.69) is 26.3 Å². The van der Waals surface area contributed by atoms with Crippen molar-refractivity contribution in [1.29, 1.82) is 0 Å². The van der Waals surface area contributed by atoms with Crippen LogP contribution in [-0.4, -0.2) is 47.1 Å². The molecule has 0 radical (unpaired) electrons. The molecular weight excluding hydrogens is 362 g/mol. The second kappa shape index (κ2) is 8.31. The Morgan fingerprint density at radius 2 is 1.59 bits per heavy atom. The summed E-state index contributed by atoms with van der Waals surface area (Å²) in [6.07, 6.45) is 1.61. The molecule has 148 valence electrons. The molecule has 1 fully saturated rings. The number of amides is 2. The smallest absolute Gasteiger partial charge is 0.321 e. The van der Waals surface area contributed by atoms with E-state index in [9.17, 15) is 4.79 Å². The van der Waals surface area contributed by atoms with Crippen LogP contribution in [0.2, 0.25) is 0 Å². The molecule has 4 rings (SSSR count). The lowest BCUT2D eigenvalue weighted by atomic mass is 10.1. The van der Waals surface area contributed by atoms with Crippen LogP contribution in [0.15, 0.2) is 60.9 Å². The molecule has 0 unspecified atom stereocenters. The lowest BCUT2D eigenvalue weighted by molar-refractivity contribution is 0.208. The fraction of sp³-hybridized carbons (Fsp3) is 0.261. The van der Waals surface area contributed by atoms with Gasteiger partial charge in [-0.25, -0.2) is 14.8 Å². The largest absolute Gasteiger partial charge is 0.353 e. The number of nitrogens with zero attached hydrogens (tertiary/aromatic N) is 4. The van der Waals surface area contributed by atoms with E-state index in [0.29, 0.717) is 13.1 Å². The highest BCUT2D eigenvalue weighted by Crippen LogP contribution is 2.21. The Morgan fingerprint density at radius 3 is 2.28 bits per heavy atom. The Balaban J connectivity index is 1.39. The van der Waals surface area contributed by atoms with E-state index in [0.717, 1.165) is 47.0 Å². The maximum Gasteiger partial charge on any atom is 0.321 e. The number of hydrogen-bond donors (Lipinski definition) is 1. The van der Waals surface area contributed by atoms with Crippen LogP contribution in [0.5, 0.6) is 0 Å². The third-order valence-electron chi connectivity index (χ3n) is 5.09. The summed E-state index contributed by atoms with van der Waals surface area (Å²) >= 11 is 0. The van der Waals surface area contributed by atoms with Crippen molar-refractivity contribution in [3.63, 3.8) is 0 Å². The second-order valence-electron chi connectivity index (χ2n) is 7.41. The number of piperazine rings is 1. The standard InChI is InChI=1S/C23H25N5O/c1-17-12-18(2)14-20(13-17)26-23(29)28-10-8-27(9-11-28)22-15-21(24-16-25-22)19-6-4-3-5-7-19/h3-7,12-16H,8-11H2,1-2H3,(H,26,29). The lowest BCUT2D eigenvalue weighted by Gasteiger charge is -2.35. The molecule has 1 saturated heterocycles. The molecule has 29 heavy (non-hydrogen) atoms. The van der Waals surface area contributed by atoms with E-state index in [4.69, 9.17) is 0 Å². The summed E-state index contributed by atoms with van der Waals surface area (Å²) in [5.41, 5.74) is 5.11. The fourth-order valence-corrected chi connectivity index (χ4v) is 3.67. The molecule has 2 amide bonds. The second-order valence-corrected chi connectivity index (χ2v) is 7.41. The Hall–Kier alpha value is -3.41. The summed E-state index contributed by atoms with van der Waals surface area (Å²) in [7, 11) is 0. The molecule has 0 atom stereocenters. The van der Waals surface area contributed by atoms with E-state index >= 15 is 0 Å². The minimum absolute atomic E-state index is 0.0534. The summed E-state index contributed by atoms with van der Waals surface area (Å²) in [4.78, 5) is 25.5. The van der Waals surface area contributed by atoms with Crippen LogP contribution < -0.4 is 10.2 Å². The van der Waals surface area contributed by atoms with Crippen molar-refractivity contribution in [1.82, 2.24) is 14.9 Å². The first kappa shape index (κ1) is 18.9. The van der Waals surface area contributed by atoms with Gasteiger partial charge in [-0.2, -0.15) is 0 Å². The molecule has 0 aliphatic carbocycles. The normalized spacial score (nSPS) is 14.0. The van der Waals surface area contributed by atoms with Gasteiger partial charge in [-0.05, 0) is 37.1 Å². The number of hydrogen-bond acceptors (Lipinski definition) is 4. The Kier molecular flexibility index (Phi) is 5.42. The molecule has 0 spiro atoms. The number of urea groups is 1. The molecule has 2 heterocycles. The van der Waals surface area contributed by atoms with Crippen LogP contribution in [0.4, 0.5) is 16.3 Å². The van der Waals surface area contributed by atoms with Crippen molar-refractivity contribution in [2.45, 2.75) is 13.8 Å². The number of aromatic nitrogens is 2. The predicted molar refractivity (Wildman–Crippen MR) is 116 cm³/mol. The number of carbonyl (C=O) groups excluding carboxylic acids is 1. The fourth-order valence-electron chi connectivity index (χ4n) is 3.67. The van der Waals surface area contributed by atoms with Crippen molar-refractivity contribution in [3.8, 4) is 11.3 Å². The van der Waals surface area contributed by atoms with Gasteiger partial charge in [0.15, 0.2) is 0 Å². The lowest BCUT2D eigenvalue weighted by Crippen LogP contribution is -2.50. The van der Waals surface area contributed by atoms with E-state index < -0.39 is 0 Å². The Bertz CT molecular complexity index is 977. The minimum atomic E-state index is -0.0534. The van der Waals surface area contributed by atoms with Gasteiger partial charge in [0.25, 0.3) is 0 Å². The highest BCUT2D eigenvalue weighted by atomic mass is 16.2. The van der Waals surface area contributed by atoms with Gasteiger partial charge in [0.05, 0.1) is 5.69 Å². The SMILES string of the molecule is Cc1cc(C)cc(NC(=O)N2CCN(c3cc(-c4ccccc4)ncn3)CC2)c1. The van der Waals surface area contributed by atoms with Gasteiger partial charge in [-0.15, -0.1) is 0 Å². The monoisotopic (exact) mass is 387 g/mol. The predicted octanol–water partition coefficient (Wildman–Crippen LogP) is 4.11. The van der Waals surface area contributed by atoms with E-state index in [-0.39, 0.29) is 6.03 Å². The van der Waals surface area contributed by atoms with Crippen molar-refractivity contribution in [3.05, 3.63) is 72.1 Å². The maximum atomic E-state index is 12.6. The zero-order valence-corrected chi connectivity index (χ0v) is 16.8. The van der Waals surface area contributed by atoms with Gasteiger partial charge in [-0.3, -0.25) is 0 Å². The van der Waals surface area contributed by atoms with E-state index in [1.54, 1.807) is 6.33 Å². The van der Waals surface area contributed by atoms with Crippen LogP contribution >= 0.6 is 0 Å². The minimum Gasteiger partial charge on any atom is -0.353 e. The molecule has 1 aliphatic rings. The molecule has 0 saturated carbocycles. The summed E-state index contributed by atoms with van der Waals surface area (Å²) in [5.74, 6) is 0.897. The highest BCUT2D eigenvalue weighted by molar-refractivity contribution is 5.89. The first-order valence-corrected chi connectivity index (χ1v) is 9.85. The first-order chi connectivity index (χ1) is 14.1. The molecule has 3 aromatic rings. The topological polar surface area (TPSA) is 61.4 Å². The Morgan fingerprint density at radius 1 is 0.897 bits per heavy atom. The van der Waals surface area contributed by atoms with Crippen molar-refractivity contribution >= 4 is 17.5 Å². The van der Waals surface area contributed by atoms with Crippen LogP contribution in [-0.2, 0) is 0 Å². The average molecular weight is 387 g/mol. The zero-order chi connectivity index (χ0) is 20.2. The van der Waals surface area contributed by atoms with Gasteiger partial charge in [0.1, 0.15) is 12.1 Å². The highest BCUT2D eigenvalue weighted by Gasteiger charge is 2.22. The van der Waals surface area contributed by atoms with Gasteiger partial charge < -0.3 is 15.1 Å². The molecule has 6 heteroatoms. The van der Waals surface area contributed by atoms with Crippen molar-refractivity contribution < 1.29 is 4.79 Å². The van der Waals surface area contributed by atoms with Crippen LogP contribution in [0.1, 0.15) is 11.1 Å². The van der Waals surface area contributed by atoms with Crippen LogP contribution in [0.3, 0.4) is 0 Å². The van der Waals surface area contributed by atoms with Gasteiger partial charge >= 0.3 is 6.03 Å². The first-order valence-electron chi connectivity index (χ1n) is 9.85. The van der Waals surface area contributed by atoms with E-state index in [1.165, 1.54) is 0 Å². The summed E-state index contributed by atoms with van der Waals surface area (Å²) in [6.45, 7) is 6.86. The number of nitrogens with one attached hydrogen (secondary N) is 1. The maximum absolute atomic E-state index is 12.6. The number of anilines is 2. The number of aryl methyl sites for hydroxylation is 2. The van der Waals surface area contributed by atoms with Crippen LogP contribution in [0.25, 0.3) is 11.3 Å². The quantitative estimate of drug-likeness (QED) is 0.735. The third kappa shape index (κ3) is 4.54. The number of benzene rings is 2. The Labute approximate surface area is 171 Å². The average Bonchev–Trinajstić information content (AvgIpc) is 2.74.